The Labute approximate surface area is 158 Å². The molecule has 1 atom stereocenters. The highest BCUT2D eigenvalue weighted by Gasteiger charge is 2.27. The molecule has 0 radical (unpaired) electrons. The Morgan fingerprint density at radius 1 is 1.11 bits per heavy atom. The summed E-state index contributed by atoms with van der Waals surface area (Å²) in [4.78, 5) is 61.2. The molecule has 0 aliphatic carbocycles. The number of carbonyl (C=O) groups excluding carboxylic acids is 3. The maximum atomic E-state index is 12.4. The van der Waals surface area contributed by atoms with Gasteiger partial charge in [-0.3, -0.25) is 19.2 Å². The van der Waals surface area contributed by atoms with Crippen LogP contribution >= 0.6 is 0 Å². The number of nitrogens with two attached hydrogens (primary N) is 2. The van der Waals surface area contributed by atoms with E-state index in [9.17, 15) is 24.0 Å². The van der Waals surface area contributed by atoms with Crippen molar-refractivity contribution in [3.8, 4) is 11.3 Å². The van der Waals surface area contributed by atoms with E-state index in [1.807, 2.05) is 0 Å². The lowest BCUT2D eigenvalue weighted by molar-refractivity contribution is -0.128. The molecule has 0 fully saturated rings. The van der Waals surface area contributed by atoms with Crippen molar-refractivity contribution in [2.75, 3.05) is 4.90 Å². The maximum absolute atomic E-state index is 12.4. The zero-order valence-corrected chi connectivity index (χ0v) is 14.8. The molecule has 10 heteroatoms. The maximum Gasteiger partial charge on any atom is 0.341 e. The van der Waals surface area contributed by atoms with Gasteiger partial charge in [0.1, 0.15) is 5.56 Å². The van der Waals surface area contributed by atoms with Gasteiger partial charge in [0, 0.05) is 12.6 Å². The summed E-state index contributed by atoms with van der Waals surface area (Å²) in [6, 6.07) is 7.31. The van der Waals surface area contributed by atoms with Gasteiger partial charge in [0.25, 0.3) is 11.5 Å². The average molecular weight is 386 g/mol. The summed E-state index contributed by atoms with van der Waals surface area (Å²) in [6.07, 6.45) is -0.405. The van der Waals surface area contributed by atoms with Gasteiger partial charge in [0.2, 0.25) is 11.8 Å². The van der Waals surface area contributed by atoms with E-state index in [1.165, 1.54) is 43.3 Å². The molecule has 6 N–H and O–H groups in total. The Bertz CT molecular complexity index is 996. The van der Waals surface area contributed by atoms with Crippen molar-refractivity contribution < 1.29 is 24.3 Å². The number of H-pyrrole nitrogens is 1. The molecule has 0 bridgehead atoms. The van der Waals surface area contributed by atoms with Gasteiger partial charge in [-0.05, 0) is 29.8 Å². The molecular weight excluding hydrogens is 368 g/mol. The van der Waals surface area contributed by atoms with Gasteiger partial charge in [-0.2, -0.15) is 0 Å². The highest BCUT2D eigenvalue weighted by atomic mass is 16.4. The van der Waals surface area contributed by atoms with E-state index in [2.05, 4.69) is 4.98 Å². The smallest absolute Gasteiger partial charge is 0.341 e. The monoisotopic (exact) mass is 386 g/mol. The van der Waals surface area contributed by atoms with Crippen LogP contribution in [0.2, 0.25) is 0 Å². The zero-order valence-electron chi connectivity index (χ0n) is 14.8. The summed E-state index contributed by atoms with van der Waals surface area (Å²) >= 11 is 0. The molecule has 1 aromatic carbocycles. The van der Waals surface area contributed by atoms with Gasteiger partial charge in [0.05, 0.1) is 18.2 Å². The molecule has 0 saturated heterocycles. The van der Waals surface area contributed by atoms with Gasteiger partial charge in [-0.25, -0.2) is 9.69 Å². The first-order chi connectivity index (χ1) is 13.1. The molecule has 0 aliphatic rings. The Morgan fingerprint density at radius 2 is 1.71 bits per heavy atom. The van der Waals surface area contributed by atoms with Crippen molar-refractivity contribution in [2.24, 2.45) is 11.5 Å². The number of carboxylic acids is 1. The number of primary amides is 1. The van der Waals surface area contributed by atoms with E-state index in [0.717, 1.165) is 4.90 Å². The van der Waals surface area contributed by atoms with E-state index in [1.54, 1.807) is 0 Å². The average Bonchev–Trinajstić information content (AvgIpc) is 2.61. The summed E-state index contributed by atoms with van der Waals surface area (Å²) in [6.45, 7) is 1.17. The minimum Gasteiger partial charge on any atom is -0.477 e. The van der Waals surface area contributed by atoms with Crippen LogP contribution in [0.3, 0.4) is 0 Å². The highest BCUT2D eigenvalue weighted by Crippen LogP contribution is 2.22. The van der Waals surface area contributed by atoms with E-state index < -0.39 is 47.3 Å². The van der Waals surface area contributed by atoms with Crippen molar-refractivity contribution in [1.82, 2.24) is 4.98 Å². The van der Waals surface area contributed by atoms with Crippen molar-refractivity contribution in [3.63, 3.8) is 0 Å². The van der Waals surface area contributed by atoms with Crippen molar-refractivity contribution in [1.29, 1.82) is 0 Å². The largest absolute Gasteiger partial charge is 0.477 e. The highest BCUT2D eigenvalue weighted by molar-refractivity contribution is 6.16. The first-order valence-corrected chi connectivity index (χ1v) is 8.07. The van der Waals surface area contributed by atoms with Gasteiger partial charge >= 0.3 is 5.97 Å². The fourth-order valence-electron chi connectivity index (χ4n) is 2.53. The van der Waals surface area contributed by atoms with Crippen molar-refractivity contribution in [3.05, 3.63) is 52.3 Å². The molecule has 10 nitrogen and oxygen atoms in total. The second-order valence-electron chi connectivity index (χ2n) is 5.94. The molecule has 1 heterocycles. The standard InChI is InChI=1S/C18H18N4O6/c1-9(23)22(17(26)13(19)8-15(20)24)11-4-2-10(3-5-11)14-7-6-12(18(27)28)16(25)21-14/h2-7,13H,8,19H2,1H3,(H2,20,24)(H,21,25)(H,27,28)/t13-/m1/s1. The molecule has 1 aromatic heterocycles. The van der Waals surface area contributed by atoms with Crippen LogP contribution in [0.15, 0.2) is 41.2 Å². The second kappa shape index (κ2) is 8.27. The number of carbonyl (C=O) groups is 4. The number of hydrogen-bond acceptors (Lipinski definition) is 6. The number of imide groups is 1. The number of aromatic nitrogens is 1. The summed E-state index contributed by atoms with van der Waals surface area (Å²) < 4.78 is 0. The fraction of sp³-hybridized carbons (Fsp3) is 0.167. The van der Waals surface area contributed by atoms with Gasteiger partial charge in [0.15, 0.2) is 0 Å². The van der Waals surface area contributed by atoms with Crippen molar-refractivity contribution in [2.45, 2.75) is 19.4 Å². The van der Waals surface area contributed by atoms with Crippen LogP contribution in [0.5, 0.6) is 0 Å². The molecule has 28 heavy (non-hydrogen) atoms. The van der Waals surface area contributed by atoms with Gasteiger partial charge in [-0.1, -0.05) is 12.1 Å². The Kier molecular flexibility index (Phi) is 6.06. The number of rotatable bonds is 6. The second-order valence-corrected chi connectivity index (χ2v) is 5.94. The summed E-state index contributed by atoms with van der Waals surface area (Å²) in [5.74, 6) is -3.49. The number of aromatic carboxylic acids is 1. The Hall–Kier alpha value is -3.79. The third-order valence-corrected chi connectivity index (χ3v) is 3.85. The molecule has 3 amide bonds. The number of nitrogens with one attached hydrogen (secondary N) is 1. The van der Waals surface area contributed by atoms with E-state index >= 15 is 0 Å². The first-order valence-electron chi connectivity index (χ1n) is 8.07. The third-order valence-electron chi connectivity index (χ3n) is 3.85. The lowest BCUT2D eigenvalue weighted by atomic mass is 10.1. The van der Waals surface area contributed by atoms with Crippen LogP contribution in [0.25, 0.3) is 11.3 Å². The van der Waals surface area contributed by atoms with Crippen molar-refractivity contribution >= 4 is 29.4 Å². The Morgan fingerprint density at radius 3 is 2.18 bits per heavy atom. The minimum absolute atomic E-state index is 0.214. The molecule has 2 rings (SSSR count). The van der Waals surface area contributed by atoms with Crippen LogP contribution in [0.4, 0.5) is 5.69 Å². The van der Waals surface area contributed by atoms with E-state index in [-0.39, 0.29) is 5.69 Å². The number of pyridine rings is 1. The van der Waals surface area contributed by atoms with Crippen LogP contribution in [0.1, 0.15) is 23.7 Å². The van der Waals surface area contributed by atoms with E-state index in [4.69, 9.17) is 16.6 Å². The molecular formula is C18H18N4O6. The summed E-state index contributed by atoms with van der Waals surface area (Å²) in [5, 5.41) is 8.90. The summed E-state index contributed by atoms with van der Waals surface area (Å²) in [7, 11) is 0. The number of amides is 3. The molecule has 2 aromatic rings. The SMILES string of the molecule is CC(=O)N(C(=O)[C@H](N)CC(N)=O)c1ccc(-c2ccc(C(=O)O)c(=O)[nH]2)cc1. The number of nitrogens with zero attached hydrogens (tertiary/aromatic N) is 1. The molecule has 0 aliphatic heterocycles. The van der Waals surface area contributed by atoms with Crippen LogP contribution in [0, 0.1) is 0 Å². The minimum atomic E-state index is -1.34. The molecule has 0 saturated carbocycles. The lowest BCUT2D eigenvalue weighted by Gasteiger charge is -2.22. The topological polar surface area (TPSA) is 177 Å². The quantitative estimate of drug-likeness (QED) is 0.532. The number of aromatic amines is 1. The zero-order chi connectivity index (χ0) is 21.0. The van der Waals surface area contributed by atoms with Gasteiger partial charge in [-0.15, -0.1) is 0 Å². The van der Waals surface area contributed by atoms with E-state index in [0.29, 0.717) is 11.3 Å². The lowest BCUT2D eigenvalue weighted by Crippen LogP contribution is -2.47. The number of benzene rings is 1. The number of hydrogen-bond donors (Lipinski definition) is 4. The van der Waals surface area contributed by atoms with Gasteiger partial charge < -0.3 is 21.6 Å². The predicted molar refractivity (Wildman–Crippen MR) is 99.4 cm³/mol. The number of anilines is 1. The molecule has 0 spiro atoms. The fourth-order valence-corrected chi connectivity index (χ4v) is 2.53. The summed E-state index contributed by atoms with van der Waals surface area (Å²) in [5.41, 5.74) is 10.6. The predicted octanol–water partition coefficient (Wildman–Crippen LogP) is -0.178. The Balaban J connectivity index is 2.33. The third kappa shape index (κ3) is 4.48. The van der Waals surface area contributed by atoms with Crippen LogP contribution in [-0.2, 0) is 14.4 Å². The number of carboxylic acid groups (broad SMARTS) is 1. The molecule has 0 unspecified atom stereocenters. The normalized spacial score (nSPS) is 11.5. The van der Waals surface area contributed by atoms with Crippen LogP contribution in [-0.4, -0.2) is 39.8 Å². The van der Waals surface area contributed by atoms with Crippen LogP contribution < -0.4 is 21.9 Å². The molecule has 146 valence electrons. The first kappa shape index (κ1) is 20.5.